The van der Waals surface area contributed by atoms with E-state index in [2.05, 4.69) is 5.32 Å². The fraction of sp³-hybridized carbons (Fsp3) is 0.0870. The van der Waals surface area contributed by atoms with Crippen LogP contribution in [0, 0.1) is 6.92 Å². The molecule has 0 saturated carbocycles. The second-order valence-electron chi connectivity index (χ2n) is 7.12. The van der Waals surface area contributed by atoms with Crippen LogP contribution < -0.4 is 9.62 Å². The number of carbonyl (C=O) groups is 1. The van der Waals surface area contributed by atoms with E-state index in [1.807, 2.05) is 6.07 Å². The fourth-order valence-corrected chi connectivity index (χ4v) is 5.34. The molecule has 4 rings (SSSR count). The van der Waals surface area contributed by atoms with E-state index in [4.69, 9.17) is 23.2 Å². The molecule has 1 N–H and O–H groups in total. The number of fused-ring (bicyclic) bond motifs is 1. The molecule has 0 aliphatic carbocycles. The molecule has 0 fully saturated rings. The van der Waals surface area contributed by atoms with Crippen molar-refractivity contribution in [1.82, 2.24) is 0 Å². The second kappa shape index (κ2) is 8.04. The average Bonchev–Trinajstić information content (AvgIpc) is 2.73. The third kappa shape index (κ3) is 3.83. The van der Waals surface area contributed by atoms with Crippen LogP contribution in [0.4, 0.5) is 11.4 Å². The number of benzene rings is 3. The summed E-state index contributed by atoms with van der Waals surface area (Å²) in [5, 5.41) is 3.59. The lowest BCUT2D eigenvalue weighted by atomic mass is 9.95. The summed E-state index contributed by atoms with van der Waals surface area (Å²) in [5.41, 5.74) is 3.09. The van der Waals surface area contributed by atoms with Crippen molar-refractivity contribution >= 4 is 56.1 Å². The number of amides is 1. The molecule has 158 valence electrons. The van der Waals surface area contributed by atoms with Crippen LogP contribution in [0.1, 0.15) is 16.7 Å². The summed E-state index contributed by atoms with van der Waals surface area (Å²) in [7, 11) is -2.72. The Labute approximate surface area is 191 Å². The van der Waals surface area contributed by atoms with Crippen LogP contribution >= 0.6 is 23.2 Å². The van der Waals surface area contributed by atoms with Gasteiger partial charge in [-0.2, -0.15) is 0 Å². The Hall–Kier alpha value is -2.80. The molecule has 1 amide bonds. The van der Waals surface area contributed by atoms with Gasteiger partial charge in [0.15, 0.2) is 4.91 Å². The summed E-state index contributed by atoms with van der Waals surface area (Å²) in [5.74, 6) is -0.748. The first-order valence-corrected chi connectivity index (χ1v) is 11.6. The normalized spacial score (nSPS) is 14.9. The first-order chi connectivity index (χ1) is 14.7. The first kappa shape index (κ1) is 21.4. The van der Waals surface area contributed by atoms with Crippen molar-refractivity contribution in [1.29, 1.82) is 0 Å². The van der Waals surface area contributed by atoms with Crippen LogP contribution in [-0.4, -0.2) is 21.4 Å². The minimum Gasteiger partial charge on any atom is -0.321 e. The van der Waals surface area contributed by atoms with E-state index < -0.39 is 15.9 Å². The van der Waals surface area contributed by atoms with Gasteiger partial charge in [0.25, 0.3) is 15.9 Å². The van der Waals surface area contributed by atoms with Gasteiger partial charge in [-0.1, -0.05) is 59.6 Å². The highest BCUT2D eigenvalue weighted by Gasteiger charge is 2.39. The van der Waals surface area contributed by atoms with Crippen molar-refractivity contribution < 1.29 is 13.2 Å². The van der Waals surface area contributed by atoms with Crippen molar-refractivity contribution in [3.8, 4) is 0 Å². The van der Waals surface area contributed by atoms with E-state index in [9.17, 15) is 13.2 Å². The fourth-order valence-electron chi connectivity index (χ4n) is 3.53. The Morgan fingerprint density at radius 1 is 0.935 bits per heavy atom. The molecule has 3 aromatic rings. The maximum absolute atomic E-state index is 13.5. The monoisotopic (exact) mass is 472 g/mol. The van der Waals surface area contributed by atoms with Gasteiger partial charge in [0, 0.05) is 33.9 Å². The van der Waals surface area contributed by atoms with Gasteiger partial charge in [-0.05, 0) is 48.4 Å². The van der Waals surface area contributed by atoms with E-state index in [1.54, 1.807) is 67.6 Å². The highest BCUT2D eigenvalue weighted by Crippen LogP contribution is 2.43. The van der Waals surface area contributed by atoms with Gasteiger partial charge in [-0.3, -0.25) is 9.10 Å². The van der Waals surface area contributed by atoms with Crippen molar-refractivity contribution in [2.24, 2.45) is 0 Å². The molecule has 1 heterocycles. The summed E-state index contributed by atoms with van der Waals surface area (Å²) >= 11 is 12.3. The van der Waals surface area contributed by atoms with Crippen molar-refractivity contribution in [2.45, 2.75) is 6.92 Å². The van der Waals surface area contributed by atoms with Gasteiger partial charge >= 0.3 is 0 Å². The van der Waals surface area contributed by atoms with Gasteiger partial charge in [0.05, 0.1) is 5.69 Å². The molecule has 8 heteroatoms. The molecule has 5 nitrogen and oxygen atoms in total. The van der Waals surface area contributed by atoms with Crippen molar-refractivity contribution in [2.75, 3.05) is 16.7 Å². The van der Waals surface area contributed by atoms with E-state index in [0.29, 0.717) is 38.1 Å². The van der Waals surface area contributed by atoms with Crippen LogP contribution in [0.15, 0.2) is 71.6 Å². The molecular formula is C23H18Cl2N2O3S. The van der Waals surface area contributed by atoms with E-state index in [0.717, 1.165) is 9.87 Å². The number of nitrogens with zero attached hydrogens (tertiary/aromatic N) is 1. The standard InChI is InChI=1S/C23H18Cl2N2O3S/c1-14-8-9-17(25)13-19(14)26-23(28)22-21(15-6-4-3-5-7-15)18-12-16(24)10-11-20(18)27(2)31(22,29)30/h3-13H,1-2H3,(H,26,28). The molecular weight excluding hydrogens is 455 g/mol. The zero-order valence-electron chi connectivity index (χ0n) is 16.7. The Kier molecular flexibility index (Phi) is 5.56. The van der Waals surface area contributed by atoms with Gasteiger partial charge in [0.2, 0.25) is 0 Å². The van der Waals surface area contributed by atoms with E-state index in [-0.39, 0.29) is 4.91 Å². The molecule has 0 saturated heterocycles. The maximum Gasteiger partial charge on any atom is 0.270 e. The smallest absolute Gasteiger partial charge is 0.270 e. The maximum atomic E-state index is 13.5. The predicted octanol–water partition coefficient (Wildman–Crippen LogP) is 5.48. The number of rotatable bonds is 3. The molecule has 1 aliphatic heterocycles. The third-order valence-electron chi connectivity index (χ3n) is 5.13. The highest BCUT2D eigenvalue weighted by atomic mass is 35.5. The molecule has 0 atom stereocenters. The molecule has 31 heavy (non-hydrogen) atoms. The number of nitrogens with one attached hydrogen (secondary N) is 1. The number of carbonyl (C=O) groups excluding carboxylic acids is 1. The summed E-state index contributed by atoms with van der Waals surface area (Å²) in [6.07, 6.45) is 0. The lowest BCUT2D eigenvalue weighted by molar-refractivity contribution is -0.112. The van der Waals surface area contributed by atoms with Crippen LogP contribution in [0.2, 0.25) is 10.0 Å². The summed E-state index contributed by atoms with van der Waals surface area (Å²) in [6.45, 7) is 1.80. The van der Waals surface area contributed by atoms with Crippen molar-refractivity contribution in [3.05, 3.63) is 98.4 Å². The van der Waals surface area contributed by atoms with Gasteiger partial charge < -0.3 is 5.32 Å². The van der Waals surface area contributed by atoms with Gasteiger partial charge in [-0.25, -0.2) is 8.42 Å². The van der Waals surface area contributed by atoms with Crippen LogP contribution in [0.3, 0.4) is 0 Å². The third-order valence-corrected chi connectivity index (χ3v) is 7.42. The molecule has 3 aromatic carbocycles. The Balaban J connectivity index is 2.00. The first-order valence-electron chi connectivity index (χ1n) is 9.36. The van der Waals surface area contributed by atoms with E-state index >= 15 is 0 Å². The SMILES string of the molecule is Cc1ccc(Cl)cc1NC(=O)C1=C(c2ccccc2)c2cc(Cl)ccc2N(C)S1(=O)=O. The highest BCUT2D eigenvalue weighted by molar-refractivity contribution is 7.97. The number of halogens is 2. The van der Waals surface area contributed by atoms with Crippen LogP contribution in [0.25, 0.3) is 5.57 Å². The average molecular weight is 473 g/mol. The largest absolute Gasteiger partial charge is 0.321 e. The number of aryl methyl sites for hydroxylation is 1. The van der Waals surface area contributed by atoms with Gasteiger partial charge in [0.1, 0.15) is 0 Å². The topological polar surface area (TPSA) is 66.5 Å². The second-order valence-corrected chi connectivity index (χ2v) is 9.90. The quantitative estimate of drug-likeness (QED) is 0.548. The number of hydrogen-bond acceptors (Lipinski definition) is 3. The Morgan fingerprint density at radius 2 is 1.58 bits per heavy atom. The van der Waals surface area contributed by atoms with Gasteiger partial charge in [-0.15, -0.1) is 0 Å². The molecule has 0 radical (unpaired) electrons. The lowest BCUT2D eigenvalue weighted by Gasteiger charge is -2.31. The number of hydrogen-bond donors (Lipinski definition) is 1. The minimum atomic E-state index is -4.14. The van der Waals surface area contributed by atoms with Crippen LogP contribution in [0.5, 0.6) is 0 Å². The van der Waals surface area contributed by atoms with Crippen LogP contribution in [-0.2, 0) is 14.8 Å². The summed E-state index contributed by atoms with van der Waals surface area (Å²) < 4.78 is 28.1. The van der Waals surface area contributed by atoms with Crippen molar-refractivity contribution in [3.63, 3.8) is 0 Å². The molecule has 0 bridgehead atoms. The summed E-state index contributed by atoms with van der Waals surface area (Å²) in [4.78, 5) is 13.1. The Bertz CT molecular complexity index is 1340. The molecule has 0 aromatic heterocycles. The predicted molar refractivity (Wildman–Crippen MR) is 126 cm³/mol. The minimum absolute atomic E-state index is 0.299. The zero-order valence-corrected chi connectivity index (χ0v) is 19.0. The Morgan fingerprint density at radius 3 is 2.29 bits per heavy atom. The summed E-state index contributed by atoms with van der Waals surface area (Å²) in [6, 6.07) is 18.9. The lowest BCUT2D eigenvalue weighted by Crippen LogP contribution is -2.37. The molecule has 0 spiro atoms. The zero-order chi connectivity index (χ0) is 22.3. The molecule has 0 unspecified atom stereocenters. The van der Waals surface area contributed by atoms with E-state index in [1.165, 1.54) is 7.05 Å². The number of sulfonamides is 1. The number of anilines is 2. The molecule has 1 aliphatic rings.